The fourth-order valence-corrected chi connectivity index (χ4v) is 3.88. The topological polar surface area (TPSA) is 99.1 Å². The van der Waals surface area contributed by atoms with Crippen LogP contribution in [-0.4, -0.2) is 47.7 Å². The van der Waals surface area contributed by atoms with Crippen LogP contribution >= 0.6 is 0 Å². The Bertz CT molecular complexity index is 758. The zero-order valence-corrected chi connectivity index (χ0v) is 17.8. The van der Waals surface area contributed by atoms with Gasteiger partial charge in [-0.15, -0.1) is 0 Å². The van der Waals surface area contributed by atoms with E-state index < -0.39 is 53.3 Å². The lowest BCUT2D eigenvalue weighted by Gasteiger charge is -2.44. The minimum Gasteiger partial charge on any atom is -0.497 e. The SMILES string of the molecule is COc1cccc([C@@H]2[C@H](C(=O)OC(C)C)C(=O)C[C@@](C)(O)[C@H]2C(=O)OC(C)C)c1. The molecule has 1 N–H and O–H groups in total. The summed E-state index contributed by atoms with van der Waals surface area (Å²) in [5, 5.41) is 11.0. The third-order valence-corrected chi connectivity index (χ3v) is 4.96. The highest BCUT2D eigenvalue weighted by molar-refractivity contribution is 6.02. The van der Waals surface area contributed by atoms with Gasteiger partial charge in [0.25, 0.3) is 0 Å². The molecule has 1 aliphatic carbocycles. The van der Waals surface area contributed by atoms with Crippen molar-refractivity contribution in [3.63, 3.8) is 0 Å². The van der Waals surface area contributed by atoms with Crippen LogP contribution in [0.15, 0.2) is 24.3 Å². The molecule has 0 amide bonds. The van der Waals surface area contributed by atoms with E-state index in [0.29, 0.717) is 11.3 Å². The standard InChI is InChI=1S/C22H30O7/c1-12(2)28-20(24)18-16(23)11-22(5,26)19(21(25)29-13(3)4)17(18)14-8-7-9-15(10-14)27-6/h7-10,12-13,17-19,26H,11H2,1-6H3/t17-,18-,19-,22-/m1/s1. The average molecular weight is 406 g/mol. The van der Waals surface area contributed by atoms with Crippen LogP contribution in [0, 0.1) is 11.8 Å². The summed E-state index contributed by atoms with van der Waals surface area (Å²) in [4.78, 5) is 38.8. The highest BCUT2D eigenvalue weighted by Crippen LogP contribution is 2.47. The summed E-state index contributed by atoms with van der Waals surface area (Å²) in [6.07, 6.45) is -1.18. The van der Waals surface area contributed by atoms with Crippen molar-refractivity contribution in [2.24, 2.45) is 11.8 Å². The van der Waals surface area contributed by atoms with Crippen molar-refractivity contribution in [2.75, 3.05) is 7.11 Å². The van der Waals surface area contributed by atoms with E-state index in [1.54, 1.807) is 52.0 Å². The van der Waals surface area contributed by atoms with E-state index in [9.17, 15) is 19.5 Å². The highest BCUT2D eigenvalue weighted by Gasteiger charge is 2.57. The van der Waals surface area contributed by atoms with Gasteiger partial charge in [-0.2, -0.15) is 0 Å². The fraction of sp³-hybridized carbons (Fsp3) is 0.591. The van der Waals surface area contributed by atoms with Crippen molar-refractivity contribution >= 4 is 17.7 Å². The maximum Gasteiger partial charge on any atom is 0.317 e. The number of ether oxygens (including phenoxy) is 3. The number of benzene rings is 1. The number of carbonyl (C=O) groups is 3. The Kier molecular flexibility index (Phi) is 7.06. The maximum absolute atomic E-state index is 13.0. The van der Waals surface area contributed by atoms with Gasteiger partial charge in [0.05, 0.1) is 30.8 Å². The molecule has 0 bridgehead atoms. The number of rotatable bonds is 6. The quantitative estimate of drug-likeness (QED) is 0.573. The van der Waals surface area contributed by atoms with Gasteiger partial charge in [0.2, 0.25) is 0 Å². The van der Waals surface area contributed by atoms with Gasteiger partial charge in [-0.3, -0.25) is 14.4 Å². The van der Waals surface area contributed by atoms with Gasteiger partial charge in [0, 0.05) is 12.3 Å². The van der Waals surface area contributed by atoms with E-state index in [0.717, 1.165) is 0 Å². The summed E-state index contributed by atoms with van der Waals surface area (Å²) >= 11 is 0. The van der Waals surface area contributed by atoms with Crippen molar-refractivity contribution in [2.45, 2.75) is 64.8 Å². The molecule has 7 heteroatoms. The van der Waals surface area contributed by atoms with E-state index >= 15 is 0 Å². The first-order valence-electron chi connectivity index (χ1n) is 9.78. The first-order valence-corrected chi connectivity index (χ1v) is 9.78. The summed E-state index contributed by atoms with van der Waals surface area (Å²) in [6.45, 7) is 8.20. The van der Waals surface area contributed by atoms with E-state index in [-0.39, 0.29) is 6.42 Å². The van der Waals surface area contributed by atoms with Crippen LogP contribution in [0.2, 0.25) is 0 Å². The molecule has 29 heavy (non-hydrogen) atoms. The molecule has 1 aliphatic rings. The Morgan fingerprint density at radius 2 is 1.69 bits per heavy atom. The second-order valence-electron chi connectivity index (χ2n) is 8.23. The summed E-state index contributed by atoms with van der Waals surface area (Å²) in [5.74, 6) is -4.63. The molecule has 0 aromatic heterocycles. The second kappa shape index (κ2) is 8.95. The van der Waals surface area contributed by atoms with E-state index in [1.807, 2.05) is 0 Å². The number of aliphatic hydroxyl groups is 1. The number of hydrogen-bond donors (Lipinski definition) is 1. The minimum absolute atomic E-state index is 0.344. The molecule has 0 unspecified atom stereocenters. The molecule has 0 heterocycles. The number of esters is 2. The van der Waals surface area contributed by atoms with Crippen LogP contribution in [0.3, 0.4) is 0 Å². The Labute approximate surface area is 171 Å². The van der Waals surface area contributed by atoms with Crippen molar-refractivity contribution in [1.29, 1.82) is 0 Å². The molecule has 0 saturated heterocycles. The molecule has 160 valence electrons. The highest BCUT2D eigenvalue weighted by atomic mass is 16.5. The molecule has 1 fully saturated rings. The Morgan fingerprint density at radius 3 is 2.24 bits per heavy atom. The summed E-state index contributed by atoms with van der Waals surface area (Å²) in [7, 11) is 1.50. The molecule has 1 saturated carbocycles. The van der Waals surface area contributed by atoms with Crippen LogP contribution in [0.25, 0.3) is 0 Å². The van der Waals surface area contributed by atoms with Crippen LogP contribution < -0.4 is 4.74 Å². The van der Waals surface area contributed by atoms with Gasteiger partial charge in [0.1, 0.15) is 11.7 Å². The van der Waals surface area contributed by atoms with Gasteiger partial charge in [-0.05, 0) is 52.3 Å². The zero-order chi connectivity index (χ0) is 21.9. The normalized spacial score (nSPS) is 27.1. The lowest BCUT2D eigenvalue weighted by atomic mass is 9.61. The second-order valence-corrected chi connectivity index (χ2v) is 8.23. The minimum atomic E-state index is -1.68. The smallest absolute Gasteiger partial charge is 0.317 e. The van der Waals surface area contributed by atoms with Crippen LogP contribution in [0.5, 0.6) is 5.75 Å². The molecule has 2 rings (SSSR count). The van der Waals surface area contributed by atoms with Crippen molar-refractivity contribution in [3.05, 3.63) is 29.8 Å². The number of hydrogen-bond acceptors (Lipinski definition) is 7. The molecule has 7 nitrogen and oxygen atoms in total. The van der Waals surface area contributed by atoms with Gasteiger partial charge in [-0.1, -0.05) is 12.1 Å². The Hall–Kier alpha value is -2.41. The van der Waals surface area contributed by atoms with Crippen LogP contribution in [-0.2, 0) is 23.9 Å². The molecule has 0 aliphatic heterocycles. The van der Waals surface area contributed by atoms with Gasteiger partial charge < -0.3 is 19.3 Å². The van der Waals surface area contributed by atoms with Gasteiger partial charge >= 0.3 is 11.9 Å². The third kappa shape index (κ3) is 5.15. The Morgan fingerprint density at radius 1 is 1.10 bits per heavy atom. The fourth-order valence-electron chi connectivity index (χ4n) is 3.88. The van der Waals surface area contributed by atoms with Crippen molar-refractivity contribution < 1.29 is 33.7 Å². The average Bonchev–Trinajstić information content (AvgIpc) is 2.58. The first kappa shape index (κ1) is 22.9. The van der Waals surface area contributed by atoms with E-state index in [1.165, 1.54) is 14.0 Å². The molecule has 0 radical (unpaired) electrons. The van der Waals surface area contributed by atoms with E-state index in [2.05, 4.69) is 0 Å². The molecule has 1 aromatic carbocycles. The van der Waals surface area contributed by atoms with E-state index in [4.69, 9.17) is 14.2 Å². The third-order valence-electron chi connectivity index (χ3n) is 4.96. The molecule has 0 spiro atoms. The predicted octanol–water partition coefficient (Wildman–Crippen LogP) is 2.64. The van der Waals surface area contributed by atoms with Gasteiger partial charge in [0.15, 0.2) is 5.78 Å². The summed E-state index contributed by atoms with van der Waals surface area (Å²) in [6, 6.07) is 6.78. The number of Topliss-reactive ketones (excluding diaryl/α,β-unsaturated/α-hetero) is 1. The molecule has 4 atom stereocenters. The van der Waals surface area contributed by atoms with Crippen LogP contribution in [0.4, 0.5) is 0 Å². The number of ketones is 1. The largest absolute Gasteiger partial charge is 0.497 e. The molecule has 1 aromatic rings. The predicted molar refractivity (Wildman–Crippen MR) is 105 cm³/mol. The van der Waals surface area contributed by atoms with Gasteiger partial charge in [-0.25, -0.2) is 0 Å². The monoisotopic (exact) mass is 406 g/mol. The Balaban J connectivity index is 2.63. The first-order chi connectivity index (χ1) is 13.5. The zero-order valence-electron chi connectivity index (χ0n) is 17.8. The molecular formula is C22H30O7. The number of methoxy groups -OCH3 is 1. The van der Waals surface area contributed by atoms with Crippen molar-refractivity contribution in [3.8, 4) is 5.75 Å². The van der Waals surface area contributed by atoms with Crippen LogP contribution in [0.1, 0.15) is 52.5 Å². The summed E-state index contributed by atoms with van der Waals surface area (Å²) in [5.41, 5.74) is -1.15. The maximum atomic E-state index is 13.0. The molecular weight excluding hydrogens is 376 g/mol. The lowest BCUT2D eigenvalue weighted by Crippen LogP contribution is -2.55. The van der Waals surface area contributed by atoms with Crippen molar-refractivity contribution in [1.82, 2.24) is 0 Å². The summed E-state index contributed by atoms with van der Waals surface area (Å²) < 4.78 is 16.0. The number of carbonyl (C=O) groups excluding carboxylic acids is 3. The lowest BCUT2D eigenvalue weighted by molar-refractivity contribution is -0.176.